The third-order valence-corrected chi connectivity index (χ3v) is 7.00. The lowest BCUT2D eigenvalue weighted by Gasteiger charge is -2.38. The van der Waals surface area contributed by atoms with E-state index in [4.69, 9.17) is 26.7 Å². The first-order valence-electron chi connectivity index (χ1n) is 11.9. The standard InChI is InChI=1S/C25H32ClFN6O/c1-5-6-7-20-28-22(31-12-14-32(15-13-31)24(34)25(3,4)16-26)21-17(2)30-33(23(21)29-20)19-10-8-18(27)9-11-19/h8-11H,5-7,12-16H2,1-4H3. The zero-order valence-corrected chi connectivity index (χ0v) is 21.1. The average molecular weight is 487 g/mol. The normalized spacial score (nSPS) is 14.8. The van der Waals surface area contributed by atoms with Crippen molar-refractivity contribution in [1.82, 2.24) is 24.6 Å². The van der Waals surface area contributed by atoms with Gasteiger partial charge in [0.05, 0.1) is 22.2 Å². The van der Waals surface area contributed by atoms with Crippen molar-refractivity contribution in [2.45, 2.75) is 47.0 Å². The molecule has 1 amide bonds. The monoisotopic (exact) mass is 486 g/mol. The number of aryl methyl sites for hydroxylation is 2. The summed E-state index contributed by atoms with van der Waals surface area (Å²) in [6.07, 6.45) is 2.81. The van der Waals surface area contributed by atoms with Gasteiger partial charge in [-0.05, 0) is 51.5 Å². The summed E-state index contributed by atoms with van der Waals surface area (Å²) in [5.41, 5.74) is 1.72. The minimum absolute atomic E-state index is 0.0823. The van der Waals surface area contributed by atoms with E-state index in [2.05, 4.69) is 11.8 Å². The molecule has 1 aromatic carbocycles. The molecule has 0 aliphatic carbocycles. The van der Waals surface area contributed by atoms with E-state index in [1.807, 2.05) is 25.7 Å². The Hall–Kier alpha value is -2.74. The van der Waals surface area contributed by atoms with Crippen LogP contribution in [0.15, 0.2) is 24.3 Å². The molecule has 0 spiro atoms. The van der Waals surface area contributed by atoms with Crippen LogP contribution < -0.4 is 4.90 Å². The van der Waals surface area contributed by atoms with Gasteiger partial charge >= 0.3 is 0 Å². The number of alkyl halides is 1. The lowest BCUT2D eigenvalue weighted by molar-refractivity contribution is -0.139. The van der Waals surface area contributed by atoms with Gasteiger partial charge in [0.15, 0.2) is 5.65 Å². The first-order valence-corrected chi connectivity index (χ1v) is 12.4. The van der Waals surface area contributed by atoms with Crippen LogP contribution >= 0.6 is 11.6 Å². The topological polar surface area (TPSA) is 67.2 Å². The highest BCUT2D eigenvalue weighted by Crippen LogP contribution is 2.31. The van der Waals surface area contributed by atoms with Gasteiger partial charge in [0.2, 0.25) is 5.91 Å². The number of fused-ring (bicyclic) bond motifs is 1. The number of hydrogen-bond acceptors (Lipinski definition) is 5. The number of piperazine rings is 1. The summed E-state index contributed by atoms with van der Waals surface area (Å²) in [5.74, 6) is 1.71. The molecule has 3 aromatic rings. The van der Waals surface area contributed by atoms with Gasteiger partial charge in [0.1, 0.15) is 17.5 Å². The van der Waals surface area contributed by atoms with Crippen molar-refractivity contribution in [1.29, 1.82) is 0 Å². The molecule has 2 aromatic heterocycles. The molecule has 0 bridgehead atoms. The van der Waals surface area contributed by atoms with Gasteiger partial charge in [-0.15, -0.1) is 11.6 Å². The summed E-state index contributed by atoms with van der Waals surface area (Å²) in [5, 5.41) is 5.63. The first kappa shape index (κ1) is 24.4. The molecule has 1 fully saturated rings. The minimum Gasteiger partial charge on any atom is -0.352 e. The molecule has 0 radical (unpaired) electrons. The number of aromatic nitrogens is 4. The van der Waals surface area contributed by atoms with Crippen LogP contribution in [0, 0.1) is 18.2 Å². The maximum atomic E-state index is 13.5. The molecule has 0 unspecified atom stereocenters. The fourth-order valence-corrected chi connectivity index (χ4v) is 4.36. The third kappa shape index (κ3) is 4.73. The predicted octanol–water partition coefficient (Wildman–Crippen LogP) is 4.52. The Kier molecular flexibility index (Phi) is 7.07. The molecule has 0 atom stereocenters. The third-order valence-electron chi connectivity index (χ3n) is 6.33. The van der Waals surface area contributed by atoms with Crippen LogP contribution in [0.1, 0.15) is 45.1 Å². The highest BCUT2D eigenvalue weighted by atomic mass is 35.5. The van der Waals surface area contributed by atoms with E-state index < -0.39 is 5.41 Å². The Bertz CT molecular complexity index is 1170. The smallest absolute Gasteiger partial charge is 0.229 e. The van der Waals surface area contributed by atoms with Crippen LogP contribution in [-0.2, 0) is 11.2 Å². The lowest BCUT2D eigenvalue weighted by Crippen LogP contribution is -2.52. The van der Waals surface area contributed by atoms with Crippen LogP contribution in [0.3, 0.4) is 0 Å². The highest BCUT2D eigenvalue weighted by Gasteiger charge is 2.34. The number of amides is 1. The molecule has 3 heterocycles. The molecule has 7 nitrogen and oxygen atoms in total. The molecule has 0 N–H and O–H groups in total. The number of nitrogens with zero attached hydrogens (tertiary/aromatic N) is 6. The SMILES string of the molecule is CCCCc1nc(N2CCN(C(=O)C(C)(C)CCl)CC2)c2c(C)nn(-c3ccc(F)cc3)c2n1. The number of hydrogen-bond donors (Lipinski definition) is 0. The molecule has 4 rings (SSSR count). The Morgan fingerprint density at radius 3 is 2.41 bits per heavy atom. The fourth-order valence-electron chi connectivity index (χ4n) is 4.25. The van der Waals surface area contributed by atoms with Crippen molar-refractivity contribution in [2.75, 3.05) is 37.0 Å². The Morgan fingerprint density at radius 1 is 1.12 bits per heavy atom. The number of unbranched alkanes of at least 4 members (excludes halogenated alkanes) is 1. The number of anilines is 1. The molecule has 182 valence electrons. The highest BCUT2D eigenvalue weighted by molar-refractivity contribution is 6.19. The number of rotatable bonds is 7. The van der Waals surface area contributed by atoms with Crippen molar-refractivity contribution in [3.63, 3.8) is 0 Å². The van der Waals surface area contributed by atoms with E-state index in [0.29, 0.717) is 32.1 Å². The van der Waals surface area contributed by atoms with Gasteiger partial charge in [-0.25, -0.2) is 19.0 Å². The Labute approximate surface area is 204 Å². The van der Waals surface area contributed by atoms with Crippen LogP contribution in [0.5, 0.6) is 0 Å². The van der Waals surface area contributed by atoms with Gasteiger partial charge in [-0.1, -0.05) is 13.3 Å². The second-order valence-corrected chi connectivity index (χ2v) is 9.80. The number of carbonyl (C=O) groups excluding carboxylic acids is 1. The number of carbonyl (C=O) groups is 1. The van der Waals surface area contributed by atoms with Gasteiger partial charge in [0.25, 0.3) is 0 Å². The largest absolute Gasteiger partial charge is 0.352 e. The Morgan fingerprint density at radius 2 is 1.79 bits per heavy atom. The molecular formula is C25H32ClFN6O. The minimum atomic E-state index is -0.577. The van der Waals surface area contributed by atoms with Gasteiger partial charge in [0, 0.05) is 38.5 Å². The van der Waals surface area contributed by atoms with E-state index in [-0.39, 0.29) is 11.7 Å². The molecular weight excluding hydrogens is 455 g/mol. The van der Waals surface area contributed by atoms with Crippen molar-refractivity contribution >= 4 is 34.4 Å². The van der Waals surface area contributed by atoms with Crippen molar-refractivity contribution < 1.29 is 9.18 Å². The summed E-state index contributed by atoms with van der Waals surface area (Å²) >= 11 is 6.03. The zero-order valence-electron chi connectivity index (χ0n) is 20.3. The summed E-state index contributed by atoms with van der Waals surface area (Å²) in [7, 11) is 0. The molecule has 1 aliphatic rings. The molecule has 9 heteroatoms. The lowest BCUT2D eigenvalue weighted by atomic mass is 9.94. The zero-order chi connectivity index (χ0) is 24.5. The van der Waals surface area contributed by atoms with Gasteiger partial charge in [-0.2, -0.15) is 5.10 Å². The first-order chi connectivity index (χ1) is 16.2. The van der Waals surface area contributed by atoms with Crippen LogP contribution in [0.4, 0.5) is 10.2 Å². The summed E-state index contributed by atoms with van der Waals surface area (Å²) in [6.45, 7) is 10.4. The molecule has 34 heavy (non-hydrogen) atoms. The maximum absolute atomic E-state index is 13.5. The summed E-state index contributed by atoms with van der Waals surface area (Å²) < 4.78 is 15.3. The second kappa shape index (κ2) is 9.86. The quantitative estimate of drug-likeness (QED) is 0.459. The van der Waals surface area contributed by atoms with Crippen molar-refractivity contribution in [3.05, 3.63) is 41.6 Å². The van der Waals surface area contributed by atoms with Crippen LogP contribution in [0.25, 0.3) is 16.7 Å². The van der Waals surface area contributed by atoms with Crippen molar-refractivity contribution in [3.8, 4) is 5.69 Å². The average Bonchev–Trinajstić information content (AvgIpc) is 3.18. The second-order valence-electron chi connectivity index (χ2n) is 9.54. The van der Waals surface area contributed by atoms with Crippen LogP contribution in [0.2, 0.25) is 0 Å². The van der Waals surface area contributed by atoms with E-state index in [1.54, 1.807) is 16.8 Å². The van der Waals surface area contributed by atoms with E-state index in [9.17, 15) is 9.18 Å². The predicted molar refractivity (Wildman–Crippen MR) is 133 cm³/mol. The maximum Gasteiger partial charge on any atom is 0.229 e. The fraction of sp³-hybridized carbons (Fsp3) is 0.520. The van der Waals surface area contributed by atoms with Crippen molar-refractivity contribution in [2.24, 2.45) is 5.41 Å². The summed E-state index contributed by atoms with van der Waals surface area (Å²) in [6, 6.07) is 6.27. The molecule has 0 saturated carbocycles. The molecule has 1 aliphatic heterocycles. The van der Waals surface area contributed by atoms with E-state index in [0.717, 1.165) is 53.3 Å². The number of halogens is 2. The van der Waals surface area contributed by atoms with Gasteiger partial charge < -0.3 is 9.80 Å². The van der Waals surface area contributed by atoms with Gasteiger partial charge in [-0.3, -0.25) is 4.79 Å². The summed E-state index contributed by atoms with van der Waals surface area (Å²) in [4.78, 5) is 26.8. The molecule has 1 saturated heterocycles. The van der Waals surface area contributed by atoms with Crippen LogP contribution in [-0.4, -0.2) is 62.6 Å². The van der Waals surface area contributed by atoms with E-state index >= 15 is 0 Å². The Balaban J connectivity index is 1.71. The number of benzene rings is 1. The van der Waals surface area contributed by atoms with E-state index in [1.165, 1.54) is 12.1 Å².